The van der Waals surface area contributed by atoms with E-state index in [-0.39, 0.29) is 12.1 Å². The summed E-state index contributed by atoms with van der Waals surface area (Å²) in [7, 11) is 1.97. The molecule has 1 fully saturated rings. The van der Waals surface area contributed by atoms with Crippen molar-refractivity contribution in [3.05, 3.63) is 35.4 Å². The summed E-state index contributed by atoms with van der Waals surface area (Å²) in [5.74, 6) is 0. The minimum Gasteiger partial charge on any atom is -0.376 e. The van der Waals surface area contributed by atoms with Gasteiger partial charge in [-0.1, -0.05) is 37.6 Å². The monoisotopic (exact) mass is 249 g/mol. The third-order valence-electron chi connectivity index (χ3n) is 3.40. The molecule has 1 saturated heterocycles. The first kappa shape index (κ1) is 13.5. The summed E-state index contributed by atoms with van der Waals surface area (Å²) in [5, 5.41) is 3.33. The maximum Gasteiger partial charge on any atom is 0.100 e. The molecule has 1 heterocycles. The lowest BCUT2D eigenvalue weighted by molar-refractivity contribution is -0.101. The summed E-state index contributed by atoms with van der Waals surface area (Å²) in [6, 6.07) is 9.04. The van der Waals surface area contributed by atoms with Gasteiger partial charge in [0.1, 0.15) is 6.10 Å². The van der Waals surface area contributed by atoms with Crippen LogP contribution in [0.15, 0.2) is 24.3 Å². The van der Waals surface area contributed by atoms with Gasteiger partial charge in [0, 0.05) is 0 Å². The maximum absolute atomic E-state index is 5.78. The molecule has 0 aromatic heterocycles. The predicted octanol–water partition coefficient (Wildman–Crippen LogP) is 2.32. The molecule has 2 unspecified atom stereocenters. The van der Waals surface area contributed by atoms with Crippen LogP contribution in [0.1, 0.15) is 30.5 Å². The van der Waals surface area contributed by atoms with Crippen LogP contribution in [0.4, 0.5) is 0 Å². The van der Waals surface area contributed by atoms with Crippen LogP contribution in [-0.2, 0) is 15.9 Å². The molecule has 0 radical (unpaired) electrons. The fourth-order valence-electron chi connectivity index (χ4n) is 2.45. The Bertz CT molecular complexity index is 344. The molecule has 0 bridgehead atoms. The van der Waals surface area contributed by atoms with E-state index < -0.39 is 0 Å². The highest BCUT2D eigenvalue weighted by Gasteiger charge is 2.25. The van der Waals surface area contributed by atoms with E-state index in [0.29, 0.717) is 19.8 Å². The molecule has 2 atom stereocenters. The molecule has 1 aromatic rings. The zero-order valence-electron chi connectivity index (χ0n) is 11.3. The number of nitrogens with one attached hydrogen (secondary N) is 1. The minimum atomic E-state index is 0.112. The summed E-state index contributed by atoms with van der Waals surface area (Å²) < 4.78 is 11.3. The topological polar surface area (TPSA) is 30.5 Å². The highest BCUT2D eigenvalue weighted by atomic mass is 16.6. The first-order chi connectivity index (χ1) is 8.85. The van der Waals surface area contributed by atoms with Crippen LogP contribution in [0, 0.1) is 0 Å². The standard InChI is InChI=1S/C15H23NO2/c1-3-4-12-5-7-13(8-6-12)15(16-2)14-11-17-9-10-18-14/h5-8,14-16H,3-4,9-11H2,1-2H3. The molecule has 1 aliphatic heterocycles. The zero-order valence-corrected chi connectivity index (χ0v) is 11.3. The van der Waals surface area contributed by atoms with E-state index in [2.05, 4.69) is 36.5 Å². The van der Waals surface area contributed by atoms with Crippen molar-refractivity contribution in [3.63, 3.8) is 0 Å². The Morgan fingerprint density at radius 1 is 1.28 bits per heavy atom. The first-order valence-corrected chi connectivity index (χ1v) is 6.80. The Balaban J connectivity index is 2.06. The first-order valence-electron chi connectivity index (χ1n) is 6.80. The molecule has 2 rings (SSSR count). The molecular formula is C15H23NO2. The summed E-state index contributed by atoms with van der Waals surface area (Å²) in [4.78, 5) is 0. The molecule has 1 N–H and O–H groups in total. The number of hydrogen-bond acceptors (Lipinski definition) is 3. The number of rotatable bonds is 5. The van der Waals surface area contributed by atoms with E-state index in [1.165, 1.54) is 17.5 Å². The lowest BCUT2D eigenvalue weighted by atomic mass is 9.99. The Hall–Kier alpha value is -0.900. The number of hydrogen-bond donors (Lipinski definition) is 1. The van der Waals surface area contributed by atoms with Gasteiger partial charge in [-0.15, -0.1) is 0 Å². The van der Waals surface area contributed by atoms with E-state index in [9.17, 15) is 0 Å². The third-order valence-corrected chi connectivity index (χ3v) is 3.40. The van der Waals surface area contributed by atoms with Gasteiger partial charge < -0.3 is 14.8 Å². The van der Waals surface area contributed by atoms with Crippen molar-refractivity contribution in [1.82, 2.24) is 5.32 Å². The van der Waals surface area contributed by atoms with Crippen molar-refractivity contribution < 1.29 is 9.47 Å². The average Bonchev–Trinajstić information content (AvgIpc) is 2.43. The maximum atomic E-state index is 5.78. The van der Waals surface area contributed by atoms with Gasteiger partial charge in [-0.2, -0.15) is 0 Å². The summed E-state index contributed by atoms with van der Waals surface area (Å²) >= 11 is 0. The number of aryl methyl sites for hydroxylation is 1. The van der Waals surface area contributed by atoms with E-state index in [4.69, 9.17) is 9.47 Å². The molecule has 3 heteroatoms. The third kappa shape index (κ3) is 3.31. The van der Waals surface area contributed by atoms with E-state index in [0.717, 1.165) is 6.42 Å². The lowest BCUT2D eigenvalue weighted by Gasteiger charge is -2.30. The highest BCUT2D eigenvalue weighted by Crippen LogP contribution is 2.22. The van der Waals surface area contributed by atoms with Gasteiger partial charge in [-0.3, -0.25) is 0 Å². The fraction of sp³-hybridized carbons (Fsp3) is 0.600. The SMILES string of the molecule is CCCc1ccc(C(NC)C2COCCO2)cc1. The molecule has 0 aliphatic carbocycles. The van der Waals surface area contributed by atoms with Crippen molar-refractivity contribution in [1.29, 1.82) is 0 Å². The van der Waals surface area contributed by atoms with Crippen LogP contribution in [-0.4, -0.2) is 33.0 Å². The Labute approximate surface area is 109 Å². The Kier molecular flexibility index (Phi) is 5.17. The van der Waals surface area contributed by atoms with Crippen LogP contribution in [0.3, 0.4) is 0 Å². The van der Waals surface area contributed by atoms with Crippen LogP contribution in [0.2, 0.25) is 0 Å². The van der Waals surface area contributed by atoms with E-state index in [1.807, 2.05) is 7.05 Å². The normalized spacial score (nSPS) is 21.8. The second-order valence-electron chi connectivity index (χ2n) is 4.74. The average molecular weight is 249 g/mol. The highest BCUT2D eigenvalue weighted by molar-refractivity contribution is 5.26. The van der Waals surface area contributed by atoms with Gasteiger partial charge in [0.15, 0.2) is 0 Å². The Morgan fingerprint density at radius 3 is 2.61 bits per heavy atom. The van der Waals surface area contributed by atoms with Crippen LogP contribution >= 0.6 is 0 Å². The molecule has 0 amide bonds. The van der Waals surface area contributed by atoms with Gasteiger partial charge in [-0.25, -0.2) is 0 Å². The Morgan fingerprint density at radius 2 is 2.06 bits per heavy atom. The summed E-state index contributed by atoms with van der Waals surface area (Å²) in [6.45, 7) is 4.28. The van der Waals surface area contributed by atoms with Gasteiger partial charge in [0.2, 0.25) is 0 Å². The van der Waals surface area contributed by atoms with Crippen molar-refractivity contribution in [2.24, 2.45) is 0 Å². The summed E-state index contributed by atoms with van der Waals surface area (Å²) in [6.07, 6.45) is 2.45. The lowest BCUT2D eigenvalue weighted by Crippen LogP contribution is -2.39. The summed E-state index contributed by atoms with van der Waals surface area (Å²) in [5.41, 5.74) is 2.67. The smallest absolute Gasteiger partial charge is 0.100 e. The fourth-order valence-corrected chi connectivity index (χ4v) is 2.45. The minimum absolute atomic E-state index is 0.112. The molecular weight excluding hydrogens is 226 g/mol. The van der Waals surface area contributed by atoms with Crippen molar-refractivity contribution in [3.8, 4) is 0 Å². The van der Waals surface area contributed by atoms with Crippen molar-refractivity contribution >= 4 is 0 Å². The quantitative estimate of drug-likeness (QED) is 0.868. The molecule has 0 saturated carbocycles. The predicted molar refractivity (Wildman–Crippen MR) is 72.8 cm³/mol. The van der Waals surface area contributed by atoms with Crippen LogP contribution < -0.4 is 5.32 Å². The van der Waals surface area contributed by atoms with Gasteiger partial charge in [0.25, 0.3) is 0 Å². The van der Waals surface area contributed by atoms with Gasteiger partial charge in [0.05, 0.1) is 25.9 Å². The van der Waals surface area contributed by atoms with Crippen molar-refractivity contribution in [2.45, 2.75) is 31.9 Å². The molecule has 100 valence electrons. The van der Waals surface area contributed by atoms with Gasteiger partial charge >= 0.3 is 0 Å². The molecule has 1 aromatic carbocycles. The molecule has 3 nitrogen and oxygen atoms in total. The molecule has 18 heavy (non-hydrogen) atoms. The largest absolute Gasteiger partial charge is 0.376 e. The number of benzene rings is 1. The molecule has 1 aliphatic rings. The van der Waals surface area contributed by atoms with Gasteiger partial charge in [-0.05, 0) is 24.6 Å². The second kappa shape index (κ2) is 6.88. The van der Waals surface area contributed by atoms with Crippen molar-refractivity contribution in [2.75, 3.05) is 26.9 Å². The van der Waals surface area contributed by atoms with E-state index >= 15 is 0 Å². The van der Waals surface area contributed by atoms with Crippen LogP contribution in [0.5, 0.6) is 0 Å². The number of ether oxygens (including phenoxy) is 2. The van der Waals surface area contributed by atoms with Crippen LogP contribution in [0.25, 0.3) is 0 Å². The molecule has 0 spiro atoms. The van der Waals surface area contributed by atoms with E-state index in [1.54, 1.807) is 0 Å². The second-order valence-corrected chi connectivity index (χ2v) is 4.74. The number of likely N-dealkylation sites (N-methyl/N-ethyl adjacent to an activating group) is 1. The zero-order chi connectivity index (χ0) is 12.8.